The fourth-order valence-corrected chi connectivity index (χ4v) is 3.44. The summed E-state index contributed by atoms with van der Waals surface area (Å²) >= 11 is 0. The number of hydrogen-bond acceptors (Lipinski definition) is 8. The number of esters is 1. The maximum Gasteiger partial charge on any atom is 0.338 e. The minimum Gasteiger partial charge on any atom is -0.493 e. The minimum atomic E-state index is -0.763. The van der Waals surface area contributed by atoms with Gasteiger partial charge in [0.05, 0.1) is 65.3 Å². The van der Waals surface area contributed by atoms with Gasteiger partial charge in [0.15, 0.2) is 23.0 Å². The Bertz CT molecular complexity index is 881. The fraction of sp³-hybridized carbons (Fsp3) is 0.409. The average Bonchev–Trinajstić information content (AvgIpc) is 3.16. The van der Waals surface area contributed by atoms with E-state index >= 15 is 0 Å². The largest absolute Gasteiger partial charge is 0.493 e. The van der Waals surface area contributed by atoms with Gasteiger partial charge in [0.2, 0.25) is 0 Å². The standard InChI is InChI=1S/C22H26O8/c1-25-17-7-5-13(9-19(17)27-3)21-15(16(23)12-29-21)11-30-22(24)14-6-8-18(26-2)20(10-14)28-4/h5-10,15-16,21,23H,11-12H2,1-4H3. The van der Waals surface area contributed by atoms with E-state index in [1.54, 1.807) is 44.6 Å². The Morgan fingerprint density at radius 2 is 1.53 bits per heavy atom. The lowest BCUT2D eigenvalue weighted by Crippen LogP contribution is -2.26. The van der Waals surface area contributed by atoms with Crippen LogP contribution in [-0.2, 0) is 9.47 Å². The molecule has 3 rings (SSSR count). The van der Waals surface area contributed by atoms with Crippen LogP contribution in [0.2, 0.25) is 0 Å². The molecule has 0 radical (unpaired) electrons. The van der Waals surface area contributed by atoms with Gasteiger partial charge in [-0.2, -0.15) is 0 Å². The number of carbonyl (C=O) groups is 1. The zero-order valence-corrected chi connectivity index (χ0v) is 17.4. The van der Waals surface area contributed by atoms with Crippen LogP contribution in [0.25, 0.3) is 0 Å². The molecule has 1 aliphatic heterocycles. The molecule has 0 bridgehead atoms. The first kappa shape index (κ1) is 21.7. The lowest BCUT2D eigenvalue weighted by molar-refractivity contribution is 0.0235. The van der Waals surface area contributed by atoms with Crippen molar-refractivity contribution in [1.29, 1.82) is 0 Å². The topological polar surface area (TPSA) is 92.7 Å². The molecule has 0 saturated carbocycles. The van der Waals surface area contributed by atoms with E-state index < -0.39 is 24.1 Å². The van der Waals surface area contributed by atoms with E-state index in [9.17, 15) is 9.90 Å². The summed E-state index contributed by atoms with van der Waals surface area (Å²) in [6, 6.07) is 10.2. The summed E-state index contributed by atoms with van der Waals surface area (Å²) < 4.78 is 32.3. The van der Waals surface area contributed by atoms with Crippen molar-refractivity contribution >= 4 is 5.97 Å². The van der Waals surface area contributed by atoms with Gasteiger partial charge in [0.25, 0.3) is 0 Å². The van der Waals surface area contributed by atoms with E-state index in [1.807, 2.05) is 6.07 Å². The molecule has 162 valence electrons. The number of benzene rings is 2. The second-order valence-corrected chi connectivity index (χ2v) is 6.77. The molecule has 30 heavy (non-hydrogen) atoms. The van der Waals surface area contributed by atoms with Crippen molar-refractivity contribution in [2.24, 2.45) is 5.92 Å². The van der Waals surface area contributed by atoms with E-state index in [1.165, 1.54) is 14.2 Å². The van der Waals surface area contributed by atoms with Gasteiger partial charge in [-0.1, -0.05) is 6.07 Å². The van der Waals surface area contributed by atoms with Crippen molar-refractivity contribution in [2.45, 2.75) is 12.2 Å². The lowest BCUT2D eigenvalue weighted by Gasteiger charge is -2.21. The first-order chi connectivity index (χ1) is 14.5. The Labute approximate surface area is 175 Å². The average molecular weight is 418 g/mol. The van der Waals surface area contributed by atoms with E-state index in [2.05, 4.69) is 0 Å². The smallest absolute Gasteiger partial charge is 0.338 e. The van der Waals surface area contributed by atoms with E-state index in [0.29, 0.717) is 28.6 Å². The van der Waals surface area contributed by atoms with Gasteiger partial charge < -0.3 is 33.5 Å². The second-order valence-electron chi connectivity index (χ2n) is 6.77. The molecule has 8 heteroatoms. The first-order valence-electron chi connectivity index (χ1n) is 9.43. The van der Waals surface area contributed by atoms with Crippen LogP contribution in [0.4, 0.5) is 0 Å². The highest BCUT2D eigenvalue weighted by molar-refractivity contribution is 5.90. The van der Waals surface area contributed by atoms with Crippen molar-refractivity contribution in [1.82, 2.24) is 0 Å². The van der Waals surface area contributed by atoms with Crippen LogP contribution in [0.3, 0.4) is 0 Å². The number of ether oxygens (including phenoxy) is 6. The van der Waals surface area contributed by atoms with Gasteiger partial charge in [0.1, 0.15) is 0 Å². The monoisotopic (exact) mass is 418 g/mol. The molecule has 8 nitrogen and oxygen atoms in total. The molecule has 1 aliphatic rings. The molecule has 2 aromatic rings. The van der Waals surface area contributed by atoms with Crippen molar-refractivity contribution in [3.05, 3.63) is 47.5 Å². The molecular weight excluding hydrogens is 392 g/mol. The Morgan fingerprint density at radius 1 is 0.933 bits per heavy atom. The predicted octanol–water partition coefficient (Wildman–Crippen LogP) is 2.63. The first-order valence-corrected chi connectivity index (χ1v) is 9.43. The van der Waals surface area contributed by atoms with Gasteiger partial charge in [0, 0.05) is 0 Å². The normalized spacial score (nSPS) is 20.5. The Hall–Kier alpha value is -2.97. The fourth-order valence-electron chi connectivity index (χ4n) is 3.44. The zero-order valence-electron chi connectivity index (χ0n) is 17.4. The predicted molar refractivity (Wildman–Crippen MR) is 108 cm³/mol. The van der Waals surface area contributed by atoms with Crippen molar-refractivity contribution in [3.63, 3.8) is 0 Å². The summed E-state index contributed by atoms with van der Waals surface area (Å²) in [5, 5.41) is 10.4. The SMILES string of the molecule is COc1ccc(C(=O)OCC2C(O)COC2c2ccc(OC)c(OC)c2)cc1OC. The summed E-state index contributed by atoms with van der Waals surface area (Å²) in [6.07, 6.45) is -1.21. The van der Waals surface area contributed by atoms with Crippen molar-refractivity contribution < 1.29 is 38.3 Å². The van der Waals surface area contributed by atoms with E-state index in [4.69, 9.17) is 28.4 Å². The van der Waals surface area contributed by atoms with Crippen LogP contribution in [0, 0.1) is 5.92 Å². The van der Waals surface area contributed by atoms with Crippen LogP contribution in [0.1, 0.15) is 22.0 Å². The molecular formula is C22H26O8. The molecule has 2 aromatic carbocycles. The number of aliphatic hydroxyl groups excluding tert-OH is 1. The van der Waals surface area contributed by atoms with Gasteiger partial charge in [-0.15, -0.1) is 0 Å². The van der Waals surface area contributed by atoms with Gasteiger partial charge in [-0.3, -0.25) is 0 Å². The lowest BCUT2D eigenvalue weighted by atomic mass is 9.94. The molecule has 0 spiro atoms. The number of methoxy groups -OCH3 is 4. The maximum absolute atomic E-state index is 12.5. The van der Waals surface area contributed by atoms with Crippen LogP contribution >= 0.6 is 0 Å². The summed E-state index contributed by atoms with van der Waals surface area (Å²) in [5.41, 5.74) is 1.13. The van der Waals surface area contributed by atoms with Gasteiger partial charge in [-0.05, 0) is 35.9 Å². The van der Waals surface area contributed by atoms with Crippen LogP contribution in [0.15, 0.2) is 36.4 Å². The summed E-state index contributed by atoms with van der Waals surface area (Å²) in [6.45, 7) is 0.144. The number of aliphatic hydroxyl groups is 1. The highest BCUT2D eigenvalue weighted by atomic mass is 16.5. The van der Waals surface area contributed by atoms with Gasteiger partial charge >= 0.3 is 5.97 Å². The Kier molecular flexibility index (Phi) is 7.02. The number of hydrogen-bond donors (Lipinski definition) is 1. The summed E-state index contributed by atoms with van der Waals surface area (Å²) in [5.74, 6) is 1.15. The Morgan fingerprint density at radius 3 is 2.17 bits per heavy atom. The highest BCUT2D eigenvalue weighted by Crippen LogP contribution is 2.39. The quantitative estimate of drug-likeness (QED) is 0.654. The Balaban J connectivity index is 1.72. The summed E-state index contributed by atoms with van der Waals surface area (Å²) in [7, 11) is 6.12. The third kappa shape index (κ3) is 4.44. The van der Waals surface area contributed by atoms with Gasteiger partial charge in [-0.25, -0.2) is 4.79 Å². The molecule has 3 unspecified atom stereocenters. The zero-order chi connectivity index (χ0) is 21.7. The molecule has 0 aliphatic carbocycles. The molecule has 3 atom stereocenters. The third-order valence-corrected chi connectivity index (χ3v) is 5.09. The third-order valence-electron chi connectivity index (χ3n) is 5.09. The van der Waals surface area contributed by atoms with E-state index in [-0.39, 0.29) is 13.2 Å². The number of carbonyl (C=O) groups excluding carboxylic acids is 1. The van der Waals surface area contributed by atoms with Crippen LogP contribution < -0.4 is 18.9 Å². The second kappa shape index (κ2) is 9.69. The van der Waals surface area contributed by atoms with Crippen molar-refractivity contribution in [3.8, 4) is 23.0 Å². The molecule has 0 aromatic heterocycles. The molecule has 1 fully saturated rings. The minimum absolute atomic E-state index is 0.00659. The molecule has 1 heterocycles. The molecule has 1 N–H and O–H groups in total. The number of rotatable bonds is 8. The van der Waals surface area contributed by atoms with Crippen LogP contribution in [0.5, 0.6) is 23.0 Å². The van der Waals surface area contributed by atoms with Crippen LogP contribution in [-0.4, -0.2) is 58.8 Å². The summed E-state index contributed by atoms with van der Waals surface area (Å²) in [4.78, 5) is 12.5. The molecule has 0 amide bonds. The van der Waals surface area contributed by atoms with Crippen molar-refractivity contribution in [2.75, 3.05) is 41.7 Å². The highest BCUT2D eigenvalue weighted by Gasteiger charge is 2.38. The molecule has 1 saturated heterocycles. The van der Waals surface area contributed by atoms with E-state index in [0.717, 1.165) is 5.56 Å². The maximum atomic E-state index is 12.5.